The molecule has 0 aliphatic carbocycles. The van der Waals surface area contributed by atoms with E-state index in [9.17, 15) is 9.90 Å². The molecule has 1 atom stereocenters. The maximum atomic E-state index is 12.9. The minimum Gasteiger partial charge on any atom is -0.493 e. The highest BCUT2D eigenvalue weighted by Crippen LogP contribution is 2.33. The van der Waals surface area contributed by atoms with Crippen LogP contribution < -0.4 is 14.8 Å². The number of carbonyl (C=O) groups is 1. The molecule has 1 amide bonds. The number of methoxy groups -OCH3 is 2. The van der Waals surface area contributed by atoms with Gasteiger partial charge in [-0.1, -0.05) is 17.3 Å². The molecule has 3 rings (SSSR count). The molecule has 27 heavy (non-hydrogen) atoms. The third-order valence-corrected chi connectivity index (χ3v) is 4.76. The van der Waals surface area contributed by atoms with Gasteiger partial charge in [-0.15, -0.1) is 0 Å². The smallest absolute Gasteiger partial charge is 0.256 e. The average Bonchev–Trinajstić information content (AvgIpc) is 3.19. The van der Waals surface area contributed by atoms with Crippen LogP contribution >= 0.6 is 0 Å². The van der Waals surface area contributed by atoms with E-state index in [0.29, 0.717) is 37.6 Å². The summed E-state index contributed by atoms with van der Waals surface area (Å²) in [6, 6.07) is 7.30. The molecule has 2 aromatic rings. The fourth-order valence-corrected chi connectivity index (χ4v) is 3.39. The van der Waals surface area contributed by atoms with Gasteiger partial charge >= 0.3 is 0 Å². The van der Waals surface area contributed by atoms with E-state index in [1.807, 2.05) is 18.2 Å². The second kappa shape index (κ2) is 8.41. The van der Waals surface area contributed by atoms with Crippen LogP contribution in [0.3, 0.4) is 0 Å². The first-order valence-electron chi connectivity index (χ1n) is 8.89. The molecular formula is C19H25N3O5. The van der Waals surface area contributed by atoms with Gasteiger partial charge in [0.15, 0.2) is 17.1 Å². The van der Waals surface area contributed by atoms with E-state index in [-0.39, 0.29) is 12.5 Å². The predicted molar refractivity (Wildman–Crippen MR) is 97.4 cm³/mol. The van der Waals surface area contributed by atoms with Crippen molar-refractivity contribution in [3.63, 3.8) is 0 Å². The zero-order valence-electron chi connectivity index (χ0n) is 15.6. The molecule has 0 saturated carbocycles. The van der Waals surface area contributed by atoms with Crippen LogP contribution in [0.2, 0.25) is 0 Å². The van der Waals surface area contributed by atoms with Crippen LogP contribution in [0.4, 0.5) is 0 Å². The number of carbonyl (C=O) groups excluding carboxylic acids is 1. The van der Waals surface area contributed by atoms with Crippen molar-refractivity contribution < 1.29 is 23.9 Å². The Labute approximate surface area is 158 Å². The molecular weight excluding hydrogens is 350 g/mol. The fraction of sp³-hybridized carbons (Fsp3) is 0.474. The van der Waals surface area contributed by atoms with E-state index in [1.54, 1.807) is 25.2 Å². The SMILES string of the molecule is COc1cccc(CN2CCC[C@@](O)(CNCc3ccon3)C2=O)c1OC. The number of nitrogens with one attached hydrogen (secondary N) is 1. The van der Waals surface area contributed by atoms with Gasteiger partial charge < -0.3 is 29.3 Å². The Balaban J connectivity index is 1.67. The number of aromatic nitrogens is 1. The molecule has 0 bridgehead atoms. The lowest BCUT2D eigenvalue weighted by Crippen LogP contribution is -2.57. The molecule has 1 fully saturated rings. The molecule has 1 aliphatic rings. The van der Waals surface area contributed by atoms with E-state index >= 15 is 0 Å². The number of hydrogen-bond acceptors (Lipinski definition) is 7. The molecule has 146 valence electrons. The third kappa shape index (κ3) is 4.23. The van der Waals surface area contributed by atoms with Crippen molar-refractivity contribution >= 4 is 5.91 Å². The quantitative estimate of drug-likeness (QED) is 0.718. The number of piperidine rings is 1. The summed E-state index contributed by atoms with van der Waals surface area (Å²) >= 11 is 0. The van der Waals surface area contributed by atoms with Crippen molar-refractivity contribution in [2.75, 3.05) is 27.3 Å². The fourth-order valence-electron chi connectivity index (χ4n) is 3.39. The largest absolute Gasteiger partial charge is 0.493 e. The lowest BCUT2D eigenvalue weighted by atomic mass is 9.91. The summed E-state index contributed by atoms with van der Waals surface area (Å²) in [6.07, 6.45) is 2.63. The first-order valence-corrected chi connectivity index (χ1v) is 8.89. The molecule has 1 aromatic carbocycles. The molecule has 0 unspecified atom stereocenters. The highest BCUT2D eigenvalue weighted by atomic mass is 16.5. The topological polar surface area (TPSA) is 97.1 Å². The van der Waals surface area contributed by atoms with Gasteiger partial charge in [0, 0.05) is 37.8 Å². The lowest BCUT2D eigenvalue weighted by molar-refractivity contribution is -0.157. The van der Waals surface area contributed by atoms with Gasteiger partial charge in [0.05, 0.1) is 19.9 Å². The third-order valence-electron chi connectivity index (χ3n) is 4.76. The van der Waals surface area contributed by atoms with Gasteiger partial charge in [0.25, 0.3) is 5.91 Å². The Morgan fingerprint density at radius 3 is 2.89 bits per heavy atom. The van der Waals surface area contributed by atoms with Gasteiger partial charge in [0.1, 0.15) is 6.26 Å². The number of amides is 1. The predicted octanol–water partition coefficient (Wildman–Crippen LogP) is 1.34. The molecule has 0 radical (unpaired) electrons. The van der Waals surface area contributed by atoms with Crippen molar-refractivity contribution in [1.82, 2.24) is 15.4 Å². The van der Waals surface area contributed by atoms with Crippen LogP contribution in [0.25, 0.3) is 0 Å². The summed E-state index contributed by atoms with van der Waals surface area (Å²) in [6.45, 7) is 1.52. The molecule has 8 nitrogen and oxygen atoms in total. The molecule has 2 heterocycles. The highest BCUT2D eigenvalue weighted by molar-refractivity contribution is 5.86. The highest BCUT2D eigenvalue weighted by Gasteiger charge is 2.42. The van der Waals surface area contributed by atoms with E-state index in [4.69, 9.17) is 14.0 Å². The number of nitrogens with zero attached hydrogens (tertiary/aromatic N) is 2. The zero-order chi connectivity index (χ0) is 19.3. The Bertz CT molecular complexity index is 765. The van der Waals surface area contributed by atoms with Gasteiger partial charge in [0.2, 0.25) is 0 Å². The van der Waals surface area contributed by atoms with E-state index < -0.39 is 5.60 Å². The summed E-state index contributed by atoms with van der Waals surface area (Å²) < 4.78 is 15.5. The monoisotopic (exact) mass is 375 g/mol. The summed E-state index contributed by atoms with van der Waals surface area (Å²) in [5.41, 5.74) is 0.124. The second-order valence-electron chi connectivity index (χ2n) is 6.61. The van der Waals surface area contributed by atoms with Gasteiger partial charge in [-0.3, -0.25) is 4.79 Å². The van der Waals surface area contributed by atoms with Crippen LogP contribution in [0, 0.1) is 0 Å². The van der Waals surface area contributed by atoms with Gasteiger partial charge in [-0.05, 0) is 18.9 Å². The van der Waals surface area contributed by atoms with Crippen molar-refractivity contribution in [2.24, 2.45) is 0 Å². The van der Waals surface area contributed by atoms with Crippen molar-refractivity contribution in [1.29, 1.82) is 0 Å². The standard InChI is InChI=1S/C19H25N3O5/c1-25-16-6-3-5-14(17(16)26-2)12-22-9-4-8-19(24,18(22)23)13-20-11-15-7-10-27-21-15/h3,5-7,10,20,24H,4,8-9,11-13H2,1-2H3/t19-/m1/s1. The summed E-state index contributed by atoms with van der Waals surface area (Å²) in [7, 11) is 3.15. The maximum absolute atomic E-state index is 12.9. The molecule has 1 saturated heterocycles. The molecule has 2 N–H and O–H groups in total. The van der Waals surface area contributed by atoms with Gasteiger partial charge in [-0.2, -0.15) is 0 Å². The maximum Gasteiger partial charge on any atom is 0.256 e. The first kappa shape index (κ1) is 19.2. The summed E-state index contributed by atoms with van der Waals surface area (Å²) in [5.74, 6) is 0.932. The number of ether oxygens (including phenoxy) is 2. The Kier molecular flexibility index (Phi) is 5.98. The van der Waals surface area contributed by atoms with Crippen LogP contribution in [0.1, 0.15) is 24.1 Å². The van der Waals surface area contributed by atoms with Crippen LogP contribution in [0.5, 0.6) is 11.5 Å². The first-order chi connectivity index (χ1) is 13.1. The number of likely N-dealkylation sites (tertiary alicyclic amines) is 1. The average molecular weight is 375 g/mol. The normalized spacial score (nSPS) is 20.0. The van der Waals surface area contributed by atoms with Crippen molar-refractivity contribution in [3.05, 3.63) is 41.8 Å². The minimum absolute atomic E-state index is 0.157. The lowest BCUT2D eigenvalue weighted by Gasteiger charge is -2.38. The number of rotatable bonds is 8. The summed E-state index contributed by atoms with van der Waals surface area (Å²) in [4.78, 5) is 14.6. The van der Waals surface area contributed by atoms with Crippen LogP contribution in [0.15, 0.2) is 35.1 Å². The zero-order valence-corrected chi connectivity index (χ0v) is 15.6. The number of benzene rings is 1. The van der Waals surface area contributed by atoms with Crippen molar-refractivity contribution in [2.45, 2.75) is 31.5 Å². The molecule has 1 aromatic heterocycles. The second-order valence-corrected chi connectivity index (χ2v) is 6.61. The molecule has 0 spiro atoms. The number of aliphatic hydroxyl groups is 1. The van der Waals surface area contributed by atoms with Crippen molar-refractivity contribution in [3.8, 4) is 11.5 Å². The Morgan fingerprint density at radius 2 is 2.19 bits per heavy atom. The van der Waals surface area contributed by atoms with Crippen LogP contribution in [-0.2, 0) is 17.9 Å². The molecule has 8 heteroatoms. The van der Waals surface area contributed by atoms with E-state index in [1.165, 1.54) is 6.26 Å². The number of para-hydroxylation sites is 1. The number of hydrogen-bond donors (Lipinski definition) is 2. The Morgan fingerprint density at radius 1 is 1.33 bits per heavy atom. The molecule has 1 aliphatic heterocycles. The van der Waals surface area contributed by atoms with E-state index in [0.717, 1.165) is 17.7 Å². The Hall–Kier alpha value is -2.58. The minimum atomic E-state index is -1.44. The van der Waals surface area contributed by atoms with Gasteiger partial charge in [-0.25, -0.2) is 0 Å². The summed E-state index contributed by atoms with van der Waals surface area (Å²) in [5, 5.41) is 17.8. The van der Waals surface area contributed by atoms with E-state index in [2.05, 4.69) is 10.5 Å². The van der Waals surface area contributed by atoms with Crippen LogP contribution in [-0.4, -0.2) is 54.0 Å².